The first kappa shape index (κ1) is 16.3. The fourth-order valence-corrected chi connectivity index (χ4v) is 2.30. The molecule has 0 aliphatic rings. The van der Waals surface area contributed by atoms with Crippen LogP contribution in [0.5, 0.6) is 0 Å². The summed E-state index contributed by atoms with van der Waals surface area (Å²) in [6.07, 6.45) is 1.65. The SMILES string of the molecule is Cc1cc(NC(=O)NN=Cc2cc(C)n(C)c2C)ccc1Br. The number of carbonyl (C=O) groups is 1. The molecule has 2 amide bonds. The van der Waals surface area contributed by atoms with Crippen molar-refractivity contribution in [3.63, 3.8) is 0 Å². The smallest absolute Gasteiger partial charge is 0.339 e. The van der Waals surface area contributed by atoms with E-state index in [1.54, 1.807) is 6.21 Å². The van der Waals surface area contributed by atoms with Gasteiger partial charge in [0, 0.05) is 34.2 Å². The minimum atomic E-state index is -0.372. The average molecular weight is 363 g/mol. The molecule has 6 heteroatoms. The third-order valence-electron chi connectivity index (χ3n) is 3.60. The van der Waals surface area contributed by atoms with Gasteiger partial charge in [0.25, 0.3) is 0 Å². The predicted octanol–water partition coefficient (Wildman–Crippen LogP) is 3.87. The Morgan fingerprint density at radius 1 is 1.27 bits per heavy atom. The summed E-state index contributed by atoms with van der Waals surface area (Å²) in [4.78, 5) is 11.8. The number of benzene rings is 1. The number of hydrogen-bond acceptors (Lipinski definition) is 2. The van der Waals surface area contributed by atoms with Crippen molar-refractivity contribution in [2.45, 2.75) is 20.8 Å². The van der Waals surface area contributed by atoms with Gasteiger partial charge in [0.15, 0.2) is 0 Å². The van der Waals surface area contributed by atoms with Crippen molar-refractivity contribution in [2.75, 3.05) is 5.32 Å². The number of hydrazone groups is 1. The fourth-order valence-electron chi connectivity index (χ4n) is 2.06. The molecule has 2 rings (SSSR count). The second-order valence-electron chi connectivity index (χ2n) is 5.17. The zero-order chi connectivity index (χ0) is 16.3. The molecule has 0 aliphatic heterocycles. The van der Waals surface area contributed by atoms with Crippen LogP contribution in [0.4, 0.5) is 10.5 Å². The Balaban J connectivity index is 1.96. The van der Waals surface area contributed by atoms with Gasteiger partial charge in [-0.3, -0.25) is 0 Å². The molecule has 0 unspecified atom stereocenters. The lowest BCUT2D eigenvalue weighted by molar-refractivity contribution is 0.252. The topological polar surface area (TPSA) is 58.4 Å². The largest absolute Gasteiger partial charge is 0.352 e. The molecule has 0 atom stereocenters. The van der Waals surface area contributed by atoms with E-state index >= 15 is 0 Å². The van der Waals surface area contributed by atoms with Gasteiger partial charge in [0.05, 0.1) is 6.21 Å². The van der Waals surface area contributed by atoms with Crippen LogP contribution >= 0.6 is 15.9 Å². The van der Waals surface area contributed by atoms with Crippen molar-refractivity contribution in [3.05, 3.63) is 51.3 Å². The summed E-state index contributed by atoms with van der Waals surface area (Å²) in [5.74, 6) is 0. The van der Waals surface area contributed by atoms with E-state index in [4.69, 9.17) is 0 Å². The molecule has 0 fully saturated rings. The predicted molar refractivity (Wildman–Crippen MR) is 93.5 cm³/mol. The van der Waals surface area contributed by atoms with Gasteiger partial charge in [-0.1, -0.05) is 15.9 Å². The zero-order valence-corrected chi connectivity index (χ0v) is 14.7. The summed E-state index contributed by atoms with van der Waals surface area (Å²) in [6, 6.07) is 7.26. The van der Waals surface area contributed by atoms with E-state index < -0.39 is 0 Å². The Morgan fingerprint density at radius 3 is 2.59 bits per heavy atom. The first-order valence-corrected chi connectivity index (χ1v) is 7.67. The third kappa shape index (κ3) is 3.76. The van der Waals surface area contributed by atoms with Crippen LogP contribution in [0.25, 0.3) is 0 Å². The lowest BCUT2D eigenvalue weighted by Gasteiger charge is -2.06. The van der Waals surface area contributed by atoms with Gasteiger partial charge < -0.3 is 9.88 Å². The summed E-state index contributed by atoms with van der Waals surface area (Å²) in [6.45, 7) is 6.01. The van der Waals surface area contributed by atoms with E-state index in [1.165, 1.54) is 0 Å². The van der Waals surface area contributed by atoms with Gasteiger partial charge in [0.1, 0.15) is 0 Å². The van der Waals surface area contributed by atoms with Crippen molar-refractivity contribution in [3.8, 4) is 0 Å². The first-order valence-electron chi connectivity index (χ1n) is 6.87. The van der Waals surface area contributed by atoms with Crippen molar-refractivity contribution < 1.29 is 4.79 Å². The van der Waals surface area contributed by atoms with Crippen LogP contribution in [-0.2, 0) is 7.05 Å². The van der Waals surface area contributed by atoms with Gasteiger partial charge in [-0.15, -0.1) is 0 Å². The number of urea groups is 1. The molecule has 0 saturated carbocycles. The van der Waals surface area contributed by atoms with Crippen molar-refractivity contribution >= 4 is 33.9 Å². The van der Waals surface area contributed by atoms with Crippen LogP contribution < -0.4 is 10.7 Å². The summed E-state index contributed by atoms with van der Waals surface area (Å²) in [7, 11) is 2.00. The molecule has 0 bridgehead atoms. The molecule has 116 valence electrons. The summed E-state index contributed by atoms with van der Waals surface area (Å²) in [5.41, 5.74) is 7.48. The van der Waals surface area contributed by atoms with Crippen molar-refractivity contribution in [1.29, 1.82) is 0 Å². The third-order valence-corrected chi connectivity index (χ3v) is 4.49. The number of aryl methyl sites for hydroxylation is 2. The molecule has 22 heavy (non-hydrogen) atoms. The van der Waals surface area contributed by atoms with Crippen LogP contribution in [0.1, 0.15) is 22.5 Å². The van der Waals surface area contributed by atoms with E-state index in [9.17, 15) is 4.79 Å². The highest BCUT2D eigenvalue weighted by molar-refractivity contribution is 9.10. The van der Waals surface area contributed by atoms with Crippen LogP contribution in [-0.4, -0.2) is 16.8 Å². The van der Waals surface area contributed by atoms with Crippen molar-refractivity contribution in [1.82, 2.24) is 9.99 Å². The van der Waals surface area contributed by atoms with Crippen LogP contribution in [0.3, 0.4) is 0 Å². The van der Waals surface area contributed by atoms with E-state index in [-0.39, 0.29) is 6.03 Å². The molecule has 2 N–H and O–H groups in total. The minimum Gasteiger partial charge on any atom is -0.352 e. The van der Waals surface area contributed by atoms with Crippen molar-refractivity contribution in [2.24, 2.45) is 12.1 Å². The second-order valence-corrected chi connectivity index (χ2v) is 6.03. The zero-order valence-electron chi connectivity index (χ0n) is 13.1. The fraction of sp³-hybridized carbons (Fsp3) is 0.250. The van der Waals surface area contributed by atoms with Crippen LogP contribution in [0.2, 0.25) is 0 Å². The molecule has 1 aromatic carbocycles. The number of halogens is 1. The molecule has 1 heterocycles. The van der Waals surface area contributed by atoms with Gasteiger partial charge >= 0.3 is 6.03 Å². The maximum Gasteiger partial charge on any atom is 0.339 e. The molecule has 1 aromatic heterocycles. The number of nitrogens with one attached hydrogen (secondary N) is 2. The highest BCUT2D eigenvalue weighted by Crippen LogP contribution is 2.19. The maximum atomic E-state index is 11.8. The Bertz CT molecular complexity index is 734. The number of aromatic nitrogens is 1. The van der Waals surface area contributed by atoms with E-state index in [1.807, 2.05) is 52.1 Å². The average Bonchev–Trinajstić information content (AvgIpc) is 2.70. The molecule has 0 aliphatic carbocycles. The Morgan fingerprint density at radius 2 is 2.00 bits per heavy atom. The Kier molecular flexibility index (Phi) is 5.03. The second kappa shape index (κ2) is 6.79. The normalized spacial score (nSPS) is 11.0. The number of anilines is 1. The molecule has 2 aromatic rings. The van der Waals surface area contributed by atoms with E-state index in [0.29, 0.717) is 0 Å². The molecule has 0 spiro atoms. The van der Waals surface area contributed by atoms with Crippen LogP contribution in [0, 0.1) is 20.8 Å². The quantitative estimate of drug-likeness (QED) is 0.631. The van der Waals surface area contributed by atoms with Gasteiger partial charge in [-0.2, -0.15) is 5.10 Å². The molecule has 0 radical (unpaired) electrons. The molecular weight excluding hydrogens is 344 g/mol. The number of amides is 2. The highest BCUT2D eigenvalue weighted by atomic mass is 79.9. The Hall–Kier alpha value is -2.08. The summed E-state index contributed by atoms with van der Waals surface area (Å²) < 4.78 is 3.08. The lowest BCUT2D eigenvalue weighted by Crippen LogP contribution is -2.24. The summed E-state index contributed by atoms with van der Waals surface area (Å²) in [5, 5.41) is 6.72. The number of carbonyl (C=O) groups excluding carboxylic acids is 1. The standard InChI is InChI=1S/C16H19BrN4O/c1-10-7-14(5-6-15(10)17)19-16(22)20-18-9-13-8-11(2)21(4)12(13)3/h5-9H,1-4H3,(H2,19,20,22). The monoisotopic (exact) mass is 362 g/mol. The molecule has 5 nitrogen and oxygen atoms in total. The summed E-state index contributed by atoms with van der Waals surface area (Å²) >= 11 is 3.42. The molecule has 0 saturated heterocycles. The minimum absolute atomic E-state index is 0.372. The van der Waals surface area contributed by atoms with E-state index in [0.717, 1.165) is 32.7 Å². The van der Waals surface area contributed by atoms with E-state index in [2.05, 4.69) is 36.3 Å². The van der Waals surface area contributed by atoms with Gasteiger partial charge in [-0.05, 0) is 50.6 Å². The number of hydrogen-bond donors (Lipinski definition) is 2. The van der Waals surface area contributed by atoms with Crippen LogP contribution in [0.15, 0.2) is 33.8 Å². The van der Waals surface area contributed by atoms with Gasteiger partial charge in [-0.25, -0.2) is 10.2 Å². The lowest BCUT2D eigenvalue weighted by atomic mass is 10.2. The number of nitrogens with zero attached hydrogens (tertiary/aromatic N) is 2. The maximum absolute atomic E-state index is 11.8. The number of rotatable bonds is 3. The van der Waals surface area contributed by atoms with Gasteiger partial charge in [0.2, 0.25) is 0 Å². The highest BCUT2D eigenvalue weighted by Gasteiger charge is 2.04. The first-order chi connectivity index (χ1) is 10.4. The Labute approximate surface area is 138 Å². The molecular formula is C16H19BrN4O.